The van der Waals surface area contributed by atoms with Crippen LogP contribution in [-0.4, -0.2) is 5.60 Å². The van der Waals surface area contributed by atoms with Gasteiger partial charge in [-0.05, 0) is 49.9 Å². The zero-order chi connectivity index (χ0) is 22.7. The summed E-state index contributed by atoms with van der Waals surface area (Å²) in [5, 5.41) is 2.35. The SMILES string of the molecule is CC1(C)CCc2c(c3c(-c4ccc(Cl)cc4)coc3c3c(-c4ccccc4)cc(=O)oc23)O1. The zero-order valence-corrected chi connectivity index (χ0v) is 19.0. The molecule has 3 heterocycles. The van der Waals surface area contributed by atoms with Crippen molar-refractivity contribution in [2.45, 2.75) is 32.3 Å². The molecule has 0 aliphatic carbocycles. The molecule has 5 heteroatoms. The average molecular weight is 457 g/mol. The van der Waals surface area contributed by atoms with E-state index < -0.39 is 5.63 Å². The van der Waals surface area contributed by atoms with Crippen LogP contribution in [0.15, 0.2) is 80.6 Å². The normalized spacial score (nSPS) is 14.9. The topological polar surface area (TPSA) is 52.6 Å². The molecular weight excluding hydrogens is 436 g/mol. The standard InChI is InChI=1S/C28H21ClO4/c1-28(2)13-12-19-25-23(20(14-22(30)32-25)16-6-4-3-5-7-16)27-24(26(19)33-28)21(15-31-27)17-8-10-18(29)11-9-17/h3-11,14-15H,12-13H2,1-2H3. The van der Waals surface area contributed by atoms with Gasteiger partial charge in [0.15, 0.2) is 0 Å². The van der Waals surface area contributed by atoms with E-state index in [1.165, 1.54) is 0 Å². The van der Waals surface area contributed by atoms with Gasteiger partial charge in [0.25, 0.3) is 0 Å². The van der Waals surface area contributed by atoms with Crippen molar-refractivity contribution in [2.75, 3.05) is 0 Å². The highest BCUT2D eigenvalue weighted by molar-refractivity contribution is 6.30. The van der Waals surface area contributed by atoms with E-state index in [0.717, 1.165) is 57.2 Å². The first kappa shape index (κ1) is 20.1. The number of furan rings is 1. The monoisotopic (exact) mass is 456 g/mol. The third kappa shape index (κ3) is 3.25. The maximum atomic E-state index is 12.6. The van der Waals surface area contributed by atoms with Gasteiger partial charge in [0.1, 0.15) is 22.5 Å². The van der Waals surface area contributed by atoms with E-state index in [9.17, 15) is 4.79 Å². The summed E-state index contributed by atoms with van der Waals surface area (Å²) in [5.41, 5.74) is 4.97. The van der Waals surface area contributed by atoms with Gasteiger partial charge in [-0.1, -0.05) is 54.1 Å². The summed E-state index contributed by atoms with van der Waals surface area (Å²) < 4.78 is 18.5. The summed E-state index contributed by atoms with van der Waals surface area (Å²) in [4.78, 5) is 12.6. The zero-order valence-electron chi connectivity index (χ0n) is 18.3. The number of hydrogen-bond acceptors (Lipinski definition) is 4. The van der Waals surface area contributed by atoms with Gasteiger partial charge >= 0.3 is 5.63 Å². The largest absolute Gasteiger partial charge is 0.487 e. The van der Waals surface area contributed by atoms with E-state index >= 15 is 0 Å². The molecule has 0 N–H and O–H groups in total. The smallest absolute Gasteiger partial charge is 0.336 e. The Morgan fingerprint density at radius 2 is 1.61 bits per heavy atom. The van der Waals surface area contributed by atoms with Gasteiger partial charge in [-0.3, -0.25) is 0 Å². The predicted octanol–water partition coefficient (Wildman–Crippen LogP) is 7.63. The minimum Gasteiger partial charge on any atom is -0.487 e. The number of rotatable bonds is 2. The molecule has 1 aliphatic rings. The highest BCUT2D eigenvalue weighted by Gasteiger charge is 2.34. The lowest BCUT2D eigenvalue weighted by Crippen LogP contribution is -2.32. The fourth-order valence-corrected chi connectivity index (χ4v) is 4.86. The molecule has 164 valence electrons. The molecule has 0 atom stereocenters. The van der Waals surface area contributed by atoms with Crippen molar-refractivity contribution in [3.05, 3.63) is 87.9 Å². The van der Waals surface area contributed by atoms with Crippen LogP contribution in [0.3, 0.4) is 0 Å². The molecule has 0 amide bonds. The first-order valence-corrected chi connectivity index (χ1v) is 11.3. The van der Waals surface area contributed by atoms with E-state index in [-0.39, 0.29) is 5.60 Å². The summed E-state index contributed by atoms with van der Waals surface area (Å²) in [7, 11) is 0. The Bertz CT molecular complexity index is 1570. The van der Waals surface area contributed by atoms with Crippen LogP contribution >= 0.6 is 11.6 Å². The Morgan fingerprint density at radius 3 is 2.36 bits per heavy atom. The molecule has 1 aliphatic heterocycles. The molecule has 0 radical (unpaired) electrons. The third-order valence-electron chi connectivity index (χ3n) is 6.35. The van der Waals surface area contributed by atoms with E-state index in [1.807, 2.05) is 54.6 Å². The number of ether oxygens (including phenoxy) is 1. The average Bonchev–Trinajstić information content (AvgIpc) is 3.24. The van der Waals surface area contributed by atoms with Crippen molar-refractivity contribution in [2.24, 2.45) is 0 Å². The van der Waals surface area contributed by atoms with Gasteiger partial charge in [-0.15, -0.1) is 0 Å². The second-order valence-corrected chi connectivity index (χ2v) is 9.52. The molecule has 0 saturated carbocycles. The molecule has 0 bridgehead atoms. The summed E-state index contributed by atoms with van der Waals surface area (Å²) in [5.74, 6) is 0.723. The molecule has 0 fully saturated rings. The van der Waals surface area contributed by atoms with Crippen molar-refractivity contribution in [3.8, 4) is 28.0 Å². The first-order chi connectivity index (χ1) is 15.9. The molecule has 2 aromatic heterocycles. The quantitative estimate of drug-likeness (QED) is 0.256. The van der Waals surface area contributed by atoms with Gasteiger partial charge in [0.05, 0.1) is 17.0 Å². The van der Waals surface area contributed by atoms with E-state index in [0.29, 0.717) is 16.2 Å². The Kier molecular flexibility index (Phi) is 4.43. The minimum atomic E-state index is -0.391. The summed E-state index contributed by atoms with van der Waals surface area (Å²) in [6.07, 6.45) is 3.30. The number of fused-ring (bicyclic) bond motifs is 6. The lowest BCUT2D eigenvalue weighted by molar-refractivity contribution is 0.0870. The van der Waals surface area contributed by atoms with Crippen LogP contribution in [0.1, 0.15) is 25.8 Å². The van der Waals surface area contributed by atoms with Crippen LogP contribution in [0.4, 0.5) is 0 Å². The highest BCUT2D eigenvalue weighted by Crippen LogP contribution is 2.49. The first-order valence-electron chi connectivity index (χ1n) is 11.0. The van der Waals surface area contributed by atoms with Crippen LogP contribution in [0.2, 0.25) is 5.02 Å². The Balaban J connectivity index is 1.79. The predicted molar refractivity (Wildman–Crippen MR) is 131 cm³/mol. The number of benzene rings is 3. The van der Waals surface area contributed by atoms with Crippen molar-refractivity contribution >= 4 is 33.5 Å². The molecule has 0 saturated heterocycles. The number of hydrogen-bond donors (Lipinski definition) is 0. The summed E-state index contributed by atoms with van der Waals surface area (Å²) >= 11 is 6.14. The summed E-state index contributed by atoms with van der Waals surface area (Å²) in [6.45, 7) is 4.15. The maximum Gasteiger partial charge on any atom is 0.336 e. The Morgan fingerprint density at radius 1 is 0.879 bits per heavy atom. The van der Waals surface area contributed by atoms with Crippen molar-refractivity contribution in [1.29, 1.82) is 0 Å². The van der Waals surface area contributed by atoms with E-state index in [1.54, 1.807) is 12.3 Å². The van der Waals surface area contributed by atoms with Crippen molar-refractivity contribution in [1.82, 2.24) is 0 Å². The second kappa shape index (κ2) is 7.26. The lowest BCUT2D eigenvalue weighted by atomic mass is 9.88. The Labute approximate surface area is 195 Å². The fraction of sp³-hybridized carbons (Fsp3) is 0.179. The molecule has 4 nitrogen and oxygen atoms in total. The molecule has 5 aromatic rings. The second-order valence-electron chi connectivity index (χ2n) is 9.08. The van der Waals surface area contributed by atoms with Gasteiger partial charge in [0, 0.05) is 27.8 Å². The van der Waals surface area contributed by atoms with E-state index in [2.05, 4.69) is 13.8 Å². The van der Waals surface area contributed by atoms with E-state index in [4.69, 9.17) is 25.2 Å². The van der Waals surface area contributed by atoms with Crippen LogP contribution < -0.4 is 10.4 Å². The Hall–Kier alpha value is -3.50. The van der Waals surface area contributed by atoms with Gasteiger partial charge in [0.2, 0.25) is 0 Å². The fourth-order valence-electron chi connectivity index (χ4n) is 4.73. The number of halogens is 1. The van der Waals surface area contributed by atoms with Crippen LogP contribution in [0.5, 0.6) is 5.75 Å². The highest BCUT2D eigenvalue weighted by atomic mass is 35.5. The minimum absolute atomic E-state index is 0.348. The maximum absolute atomic E-state index is 12.6. The summed E-state index contributed by atoms with van der Waals surface area (Å²) in [6, 6.07) is 19.1. The lowest BCUT2D eigenvalue weighted by Gasteiger charge is -2.33. The van der Waals surface area contributed by atoms with Crippen LogP contribution in [-0.2, 0) is 6.42 Å². The third-order valence-corrected chi connectivity index (χ3v) is 6.60. The van der Waals surface area contributed by atoms with Gasteiger partial charge in [-0.2, -0.15) is 0 Å². The molecule has 0 unspecified atom stereocenters. The molecule has 0 spiro atoms. The molecule has 6 rings (SSSR count). The van der Waals surface area contributed by atoms with Crippen LogP contribution in [0.25, 0.3) is 44.2 Å². The van der Waals surface area contributed by atoms with Crippen molar-refractivity contribution < 1.29 is 13.6 Å². The van der Waals surface area contributed by atoms with Crippen LogP contribution in [0, 0.1) is 0 Å². The molecule has 3 aromatic carbocycles. The van der Waals surface area contributed by atoms with Crippen molar-refractivity contribution in [3.63, 3.8) is 0 Å². The number of aryl methyl sites for hydroxylation is 1. The molecular formula is C28H21ClO4. The van der Waals surface area contributed by atoms with Gasteiger partial charge in [-0.25, -0.2) is 4.79 Å². The van der Waals surface area contributed by atoms with Gasteiger partial charge < -0.3 is 13.6 Å². The molecule has 33 heavy (non-hydrogen) atoms.